The minimum atomic E-state index is -0.296. The minimum absolute atomic E-state index is 0.0238. The van der Waals surface area contributed by atoms with Crippen LogP contribution in [-0.2, 0) is 9.59 Å². The topological polar surface area (TPSA) is 40.6 Å². The Hall–Kier alpha value is -2.34. The van der Waals surface area contributed by atoms with Crippen LogP contribution in [0.15, 0.2) is 53.4 Å². The molecule has 136 valence electrons. The Bertz CT molecular complexity index is 810. The summed E-state index contributed by atoms with van der Waals surface area (Å²) in [6.07, 6.45) is 0.243. The SMILES string of the molecule is CC(c1ccc(F)cc1)N(C)C(=O)CCN1C(=O)CSc2ccccc21. The summed E-state index contributed by atoms with van der Waals surface area (Å²) in [5.41, 5.74) is 1.74. The van der Waals surface area contributed by atoms with Crippen LogP contribution in [0.4, 0.5) is 10.1 Å². The zero-order chi connectivity index (χ0) is 18.7. The second-order valence-electron chi connectivity index (χ2n) is 6.28. The summed E-state index contributed by atoms with van der Waals surface area (Å²) in [4.78, 5) is 29.3. The van der Waals surface area contributed by atoms with Crippen LogP contribution < -0.4 is 4.90 Å². The van der Waals surface area contributed by atoms with E-state index in [2.05, 4.69) is 0 Å². The molecule has 6 heteroatoms. The molecule has 1 unspecified atom stereocenters. The molecule has 1 heterocycles. The highest BCUT2D eigenvalue weighted by molar-refractivity contribution is 8.00. The molecule has 2 amide bonds. The summed E-state index contributed by atoms with van der Waals surface area (Å²) in [5, 5.41) is 0. The predicted octanol–water partition coefficient (Wildman–Crippen LogP) is 3.87. The van der Waals surface area contributed by atoms with Crippen molar-refractivity contribution in [1.29, 1.82) is 0 Å². The molecule has 0 bridgehead atoms. The van der Waals surface area contributed by atoms with Gasteiger partial charge in [0.1, 0.15) is 5.82 Å². The second kappa shape index (κ2) is 7.91. The average Bonchev–Trinajstić information content (AvgIpc) is 2.66. The van der Waals surface area contributed by atoms with Crippen LogP contribution in [0.3, 0.4) is 0 Å². The Morgan fingerprint density at radius 2 is 1.92 bits per heavy atom. The van der Waals surface area contributed by atoms with E-state index in [1.54, 1.807) is 29.0 Å². The van der Waals surface area contributed by atoms with Crippen LogP contribution in [0.1, 0.15) is 24.9 Å². The normalized spacial score (nSPS) is 14.7. The van der Waals surface area contributed by atoms with Crippen molar-refractivity contribution in [2.45, 2.75) is 24.3 Å². The van der Waals surface area contributed by atoms with E-state index in [-0.39, 0.29) is 30.1 Å². The Labute approximate surface area is 157 Å². The standard InChI is InChI=1S/C20H21FN2O2S/c1-14(15-7-9-16(21)10-8-15)22(2)19(24)11-12-23-17-5-3-4-6-18(17)26-13-20(23)25/h3-10,14H,11-13H2,1-2H3. The Morgan fingerprint density at radius 3 is 2.65 bits per heavy atom. The van der Waals surface area contributed by atoms with Crippen molar-refractivity contribution in [3.8, 4) is 0 Å². The second-order valence-corrected chi connectivity index (χ2v) is 7.30. The van der Waals surface area contributed by atoms with Gasteiger partial charge in [-0.25, -0.2) is 4.39 Å². The third-order valence-electron chi connectivity index (χ3n) is 4.68. The number of carbonyl (C=O) groups is 2. The maximum Gasteiger partial charge on any atom is 0.237 e. The van der Waals surface area contributed by atoms with Crippen LogP contribution in [0.2, 0.25) is 0 Å². The quantitative estimate of drug-likeness (QED) is 0.800. The molecule has 2 aromatic rings. The van der Waals surface area contributed by atoms with E-state index in [4.69, 9.17) is 0 Å². The smallest absolute Gasteiger partial charge is 0.237 e. The number of hydrogen-bond donors (Lipinski definition) is 0. The lowest BCUT2D eigenvalue weighted by molar-refractivity contribution is -0.131. The molecule has 26 heavy (non-hydrogen) atoms. The molecule has 2 aromatic carbocycles. The highest BCUT2D eigenvalue weighted by atomic mass is 32.2. The van der Waals surface area contributed by atoms with Crippen LogP contribution >= 0.6 is 11.8 Å². The number of para-hydroxylation sites is 1. The molecule has 1 aliphatic rings. The first-order chi connectivity index (χ1) is 12.5. The predicted molar refractivity (Wildman–Crippen MR) is 102 cm³/mol. The van der Waals surface area contributed by atoms with E-state index in [1.807, 2.05) is 31.2 Å². The first-order valence-corrected chi connectivity index (χ1v) is 9.49. The molecule has 3 rings (SSSR count). The van der Waals surface area contributed by atoms with Gasteiger partial charge in [-0.3, -0.25) is 9.59 Å². The largest absolute Gasteiger partial charge is 0.339 e. The molecule has 0 saturated carbocycles. The zero-order valence-corrected chi connectivity index (χ0v) is 15.6. The fourth-order valence-corrected chi connectivity index (χ4v) is 3.90. The van der Waals surface area contributed by atoms with Crippen molar-refractivity contribution in [2.75, 3.05) is 24.2 Å². The molecular formula is C20H21FN2O2S. The van der Waals surface area contributed by atoms with E-state index in [1.165, 1.54) is 23.9 Å². The van der Waals surface area contributed by atoms with E-state index >= 15 is 0 Å². The fraction of sp³-hybridized carbons (Fsp3) is 0.300. The maximum absolute atomic E-state index is 13.1. The van der Waals surface area contributed by atoms with Gasteiger partial charge in [0.05, 0.1) is 17.5 Å². The summed E-state index contributed by atoms with van der Waals surface area (Å²) < 4.78 is 13.1. The first-order valence-electron chi connectivity index (χ1n) is 8.50. The number of anilines is 1. The van der Waals surface area contributed by atoms with Gasteiger partial charge in [0, 0.05) is 24.9 Å². The summed E-state index contributed by atoms with van der Waals surface area (Å²) in [7, 11) is 1.73. The number of halogens is 1. The minimum Gasteiger partial charge on any atom is -0.339 e. The number of carbonyl (C=O) groups excluding carboxylic acids is 2. The third-order valence-corrected chi connectivity index (χ3v) is 5.73. The lowest BCUT2D eigenvalue weighted by Gasteiger charge is -2.30. The van der Waals surface area contributed by atoms with Gasteiger partial charge >= 0.3 is 0 Å². The summed E-state index contributed by atoms with van der Waals surface area (Å²) in [6, 6.07) is 13.7. The monoisotopic (exact) mass is 372 g/mol. The van der Waals surface area contributed by atoms with Crippen molar-refractivity contribution in [3.63, 3.8) is 0 Å². The van der Waals surface area contributed by atoms with Crippen molar-refractivity contribution in [1.82, 2.24) is 4.90 Å². The van der Waals surface area contributed by atoms with Gasteiger partial charge in [0.15, 0.2) is 0 Å². The highest BCUT2D eigenvalue weighted by Crippen LogP contribution is 2.35. The van der Waals surface area contributed by atoms with Crippen molar-refractivity contribution < 1.29 is 14.0 Å². The highest BCUT2D eigenvalue weighted by Gasteiger charge is 2.26. The van der Waals surface area contributed by atoms with Crippen LogP contribution in [0.25, 0.3) is 0 Å². The van der Waals surface area contributed by atoms with Crippen LogP contribution in [-0.4, -0.2) is 36.1 Å². The molecule has 0 radical (unpaired) electrons. The van der Waals surface area contributed by atoms with Gasteiger partial charge < -0.3 is 9.80 Å². The molecule has 0 fully saturated rings. The molecule has 0 aliphatic carbocycles. The maximum atomic E-state index is 13.1. The molecule has 0 spiro atoms. The van der Waals surface area contributed by atoms with Crippen molar-refractivity contribution in [2.24, 2.45) is 0 Å². The lowest BCUT2D eigenvalue weighted by atomic mass is 10.1. The molecule has 4 nitrogen and oxygen atoms in total. The first kappa shape index (κ1) is 18.5. The number of hydrogen-bond acceptors (Lipinski definition) is 3. The molecule has 0 saturated heterocycles. The summed E-state index contributed by atoms with van der Waals surface area (Å²) in [5.74, 6) is 0.0728. The van der Waals surface area contributed by atoms with Crippen LogP contribution in [0, 0.1) is 5.82 Å². The molecule has 1 atom stereocenters. The zero-order valence-electron chi connectivity index (χ0n) is 14.8. The molecule has 0 aromatic heterocycles. The molecule has 0 N–H and O–H groups in total. The van der Waals surface area contributed by atoms with Crippen LogP contribution in [0.5, 0.6) is 0 Å². The van der Waals surface area contributed by atoms with Gasteiger partial charge in [-0.15, -0.1) is 11.8 Å². The number of benzene rings is 2. The van der Waals surface area contributed by atoms with Gasteiger partial charge in [0.2, 0.25) is 11.8 Å². The number of thioether (sulfide) groups is 1. The van der Waals surface area contributed by atoms with E-state index < -0.39 is 0 Å². The Kier molecular flexibility index (Phi) is 5.61. The Morgan fingerprint density at radius 1 is 1.23 bits per heavy atom. The Balaban J connectivity index is 1.65. The van der Waals surface area contributed by atoms with E-state index in [0.29, 0.717) is 12.3 Å². The number of rotatable bonds is 5. The van der Waals surface area contributed by atoms with Crippen molar-refractivity contribution in [3.05, 3.63) is 59.9 Å². The van der Waals surface area contributed by atoms with Gasteiger partial charge in [-0.2, -0.15) is 0 Å². The fourth-order valence-electron chi connectivity index (χ4n) is 2.96. The van der Waals surface area contributed by atoms with Gasteiger partial charge in [-0.05, 0) is 36.8 Å². The number of fused-ring (bicyclic) bond motifs is 1. The number of amides is 2. The van der Waals surface area contributed by atoms with Crippen molar-refractivity contribution >= 4 is 29.3 Å². The van der Waals surface area contributed by atoms with E-state index in [0.717, 1.165) is 16.1 Å². The lowest BCUT2D eigenvalue weighted by Crippen LogP contribution is -2.39. The summed E-state index contributed by atoms with van der Waals surface area (Å²) in [6.45, 7) is 2.26. The van der Waals surface area contributed by atoms with Gasteiger partial charge in [-0.1, -0.05) is 24.3 Å². The summed E-state index contributed by atoms with van der Waals surface area (Å²) >= 11 is 1.53. The van der Waals surface area contributed by atoms with E-state index in [9.17, 15) is 14.0 Å². The third kappa shape index (κ3) is 3.90. The molecular weight excluding hydrogens is 351 g/mol. The van der Waals surface area contributed by atoms with Gasteiger partial charge in [0.25, 0.3) is 0 Å². The number of nitrogens with zero attached hydrogens (tertiary/aromatic N) is 2. The molecule has 1 aliphatic heterocycles. The average molecular weight is 372 g/mol.